The molecule has 0 heterocycles. The lowest BCUT2D eigenvalue weighted by Gasteiger charge is -2.12. The zero-order valence-corrected chi connectivity index (χ0v) is 9.47. The van der Waals surface area contributed by atoms with Crippen LogP contribution < -0.4 is 0 Å². The summed E-state index contributed by atoms with van der Waals surface area (Å²) in [6, 6.07) is 5.93. The number of hydrogen-bond acceptors (Lipinski definition) is 4. The number of esters is 1. The molecule has 0 amide bonds. The third-order valence-electron chi connectivity index (χ3n) is 1.97. The monoisotopic (exact) mass is 224 g/mol. The van der Waals surface area contributed by atoms with Crippen molar-refractivity contribution in [2.45, 2.75) is 20.0 Å². The van der Waals surface area contributed by atoms with E-state index in [9.17, 15) is 4.79 Å². The molecule has 1 atom stereocenters. The highest BCUT2D eigenvalue weighted by atomic mass is 16.6. The van der Waals surface area contributed by atoms with Gasteiger partial charge in [-0.05, 0) is 38.1 Å². The highest BCUT2D eigenvalue weighted by molar-refractivity contribution is 5.89. The number of phenols is 1. The fourth-order valence-corrected chi connectivity index (χ4v) is 1.17. The van der Waals surface area contributed by atoms with Gasteiger partial charge in [-0.3, -0.25) is 0 Å². The average Bonchev–Trinajstić information content (AvgIpc) is 2.27. The van der Waals surface area contributed by atoms with Crippen LogP contribution in [0, 0.1) is 0 Å². The molecule has 0 saturated carbocycles. The Balaban J connectivity index is 2.48. The quantitative estimate of drug-likeness (QED) is 0.777. The molecule has 0 aliphatic heterocycles. The second-order valence-electron chi connectivity index (χ2n) is 3.42. The van der Waals surface area contributed by atoms with Crippen LogP contribution in [0.25, 0.3) is 0 Å². The third-order valence-corrected chi connectivity index (χ3v) is 1.97. The number of phenolic OH excluding ortho intramolecular Hbond substituents is 1. The van der Waals surface area contributed by atoms with Crippen LogP contribution in [0.3, 0.4) is 0 Å². The Morgan fingerprint density at radius 3 is 2.56 bits per heavy atom. The summed E-state index contributed by atoms with van der Waals surface area (Å²) in [6.45, 7) is 4.64. The van der Waals surface area contributed by atoms with Crippen LogP contribution >= 0.6 is 0 Å². The van der Waals surface area contributed by atoms with Crippen LogP contribution in [0.15, 0.2) is 24.3 Å². The molecule has 0 unspecified atom stereocenters. The molecule has 1 rings (SSSR count). The Hall–Kier alpha value is -1.55. The van der Waals surface area contributed by atoms with E-state index < -0.39 is 5.97 Å². The van der Waals surface area contributed by atoms with Crippen LogP contribution in [-0.4, -0.2) is 30.4 Å². The maximum absolute atomic E-state index is 11.6. The summed E-state index contributed by atoms with van der Waals surface area (Å²) in [5.41, 5.74) is 0.418. The van der Waals surface area contributed by atoms with Crippen molar-refractivity contribution in [3.8, 4) is 5.75 Å². The van der Waals surface area contributed by atoms with Gasteiger partial charge in [-0.2, -0.15) is 0 Å². The molecule has 0 spiro atoms. The first-order valence-electron chi connectivity index (χ1n) is 5.21. The van der Waals surface area contributed by atoms with Crippen LogP contribution in [0.2, 0.25) is 0 Å². The molecule has 88 valence electrons. The molecular formula is C12H16O4. The molecule has 0 aromatic heterocycles. The van der Waals surface area contributed by atoms with Crippen LogP contribution in [0.5, 0.6) is 5.75 Å². The fourth-order valence-electron chi connectivity index (χ4n) is 1.17. The van der Waals surface area contributed by atoms with Gasteiger partial charge >= 0.3 is 5.97 Å². The molecule has 1 N–H and O–H groups in total. The highest BCUT2D eigenvalue weighted by Gasteiger charge is 2.11. The first-order valence-corrected chi connectivity index (χ1v) is 5.21. The first kappa shape index (κ1) is 12.5. The Bertz CT molecular complexity index is 331. The molecule has 0 saturated heterocycles. The Morgan fingerprint density at radius 2 is 2.00 bits per heavy atom. The molecular weight excluding hydrogens is 208 g/mol. The van der Waals surface area contributed by atoms with E-state index in [1.165, 1.54) is 24.3 Å². The molecule has 0 radical (unpaired) electrons. The van der Waals surface area contributed by atoms with E-state index in [0.717, 1.165) is 0 Å². The van der Waals surface area contributed by atoms with Gasteiger partial charge in [-0.15, -0.1) is 0 Å². The first-order chi connectivity index (χ1) is 7.63. The molecule has 0 bridgehead atoms. The maximum Gasteiger partial charge on any atom is 0.338 e. The number of ether oxygens (including phenoxy) is 2. The lowest BCUT2D eigenvalue weighted by atomic mass is 10.2. The van der Waals surface area contributed by atoms with Gasteiger partial charge in [0, 0.05) is 6.61 Å². The Labute approximate surface area is 94.8 Å². The number of benzene rings is 1. The normalized spacial score (nSPS) is 12.1. The SMILES string of the molecule is CCOC[C@H](C)OC(=O)c1ccc(O)cc1. The topological polar surface area (TPSA) is 55.8 Å². The minimum Gasteiger partial charge on any atom is -0.508 e. The van der Waals surface area contributed by atoms with Crippen molar-refractivity contribution < 1.29 is 19.4 Å². The van der Waals surface area contributed by atoms with E-state index in [-0.39, 0.29) is 11.9 Å². The minimum absolute atomic E-state index is 0.124. The Morgan fingerprint density at radius 1 is 1.38 bits per heavy atom. The van der Waals surface area contributed by atoms with Crippen molar-refractivity contribution in [3.05, 3.63) is 29.8 Å². The number of rotatable bonds is 5. The van der Waals surface area contributed by atoms with E-state index in [2.05, 4.69) is 0 Å². The number of hydrogen-bond donors (Lipinski definition) is 1. The van der Waals surface area contributed by atoms with Gasteiger partial charge in [-0.25, -0.2) is 4.79 Å². The van der Waals surface area contributed by atoms with Crippen molar-refractivity contribution in [1.82, 2.24) is 0 Å². The lowest BCUT2D eigenvalue weighted by molar-refractivity contribution is 0.00439. The third kappa shape index (κ3) is 3.90. The van der Waals surface area contributed by atoms with Gasteiger partial charge in [0.1, 0.15) is 11.9 Å². The van der Waals surface area contributed by atoms with E-state index in [1.807, 2.05) is 6.92 Å². The number of aromatic hydroxyl groups is 1. The van der Waals surface area contributed by atoms with Crippen LogP contribution in [-0.2, 0) is 9.47 Å². The summed E-state index contributed by atoms with van der Waals surface area (Å²) in [4.78, 5) is 11.6. The standard InChI is InChI=1S/C12H16O4/c1-3-15-8-9(2)16-12(14)10-4-6-11(13)7-5-10/h4-7,9,13H,3,8H2,1-2H3/t9-/m0/s1. The van der Waals surface area contributed by atoms with E-state index in [1.54, 1.807) is 6.92 Å². The number of carbonyl (C=O) groups excluding carboxylic acids is 1. The van der Waals surface area contributed by atoms with Gasteiger partial charge in [0.25, 0.3) is 0 Å². The summed E-state index contributed by atoms with van der Waals surface area (Å²) in [5, 5.41) is 9.06. The fraction of sp³-hybridized carbons (Fsp3) is 0.417. The predicted octanol–water partition coefficient (Wildman–Crippen LogP) is 1.97. The van der Waals surface area contributed by atoms with E-state index in [0.29, 0.717) is 18.8 Å². The van der Waals surface area contributed by atoms with Crippen molar-refractivity contribution in [1.29, 1.82) is 0 Å². The Kier molecular flexibility index (Phi) is 4.79. The zero-order chi connectivity index (χ0) is 12.0. The van der Waals surface area contributed by atoms with Gasteiger partial charge in [0.15, 0.2) is 0 Å². The van der Waals surface area contributed by atoms with Crippen molar-refractivity contribution >= 4 is 5.97 Å². The molecule has 16 heavy (non-hydrogen) atoms. The van der Waals surface area contributed by atoms with Crippen LogP contribution in [0.1, 0.15) is 24.2 Å². The predicted molar refractivity (Wildman–Crippen MR) is 59.5 cm³/mol. The average molecular weight is 224 g/mol. The highest BCUT2D eigenvalue weighted by Crippen LogP contribution is 2.11. The molecule has 1 aromatic carbocycles. The second-order valence-corrected chi connectivity index (χ2v) is 3.42. The number of carbonyl (C=O) groups is 1. The molecule has 1 aromatic rings. The van der Waals surface area contributed by atoms with E-state index >= 15 is 0 Å². The van der Waals surface area contributed by atoms with E-state index in [4.69, 9.17) is 14.6 Å². The summed E-state index contributed by atoms with van der Waals surface area (Å²) in [7, 11) is 0. The second kappa shape index (κ2) is 6.12. The molecule has 0 aliphatic carbocycles. The van der Waals surface area contributed by atoms with Crippen molar-refractivity contribution in [3.63, 3.8) is 0 Å². The molecule has 0 fully saturated rings. The lowest BCUT2D eigenvalue weighted by Crippen LogP contribution is -2.20. The summed E-state index contributed by atoms with van der Waals surface area (Å²) < 4.78 is 10.3. The summed E-state index contributed by atoms with van der Waals surface area (Å²) >= 11 is 0. The van der Waals surface area contributed by atoms with Crippen LogP contribution in [0.4, 0.5) is 0 Å². The molecule has 4 heteroatoms. The van der Waals surface area contributed by atoms with Gasteiger partial charge in [-0.1, -0.05) is 0 Å². The maximum atomic E-state index is 11.6. The zero-order valence-electron chi connectivity index (χ0n) is 9.47. The smallest absolute Gasteiger partial charge is 0.338 e. The van der Waals surface area contributed by atoms with Gasteiger partial charge in [0.05, 0.1) is 12.2 Å². The molecule has 0 aliphatic rings. The van der Waals surface area contributed by atoms with Crippen molar-refractivity contribution in [2.24, 2.45) is 0 Å². The minimum atomic E-state index is -0.410. The van der Waals surface area contributed by atoms with Crippen molar-refractivity contribution in [2.75, 3.05) is 13.2 Å². The summed E-state index contributed by atoms with van der Waals surface area (Å²) in [6.07, 6.45) is -0.277. The molecule has 4 nitrogen and oxygen atoms in total. The summed E-state index contributed by atoms with van der Waals surface area (Å²) in [5.74, 6) is -0.286. The van der Waals surface area contributed by atoms with Gasteiger partial charge < -0.3 is 14.6 Å². The largest absolute Gasteiger partial charge is 0.508 e. The van der Waals surface area contributed by atoms with Gasteiger partial charge in [0.2, 0.25) is 0 Å².